The summed E-state index contributed by atoms with van der Waals surface area (Å²) in [6.07, 6.45) is 0. The van der Waals surface area contributed by atoms with Gasteiger partial charge >= 0.3 is 0 Å². The van der Waals surface area contributed by atoms with Crippen LogP contribution in [0.1, 0.15) is 5.56 Å². The molecule has 5 nitrogen and oxygen atoms in total. The summed E-state index contributed by atoms with van der Waals surface area (Å²) in [6, 6.07) is 9.65. The summed E-state index contributed by atoms with van der Waals surface area (Å²) in [6.45, 7) is -0.358. The molecule has 0 atom stereocenters. The Balaban J connectivity index is 2.29. The van der Waals surface area contributed by atoms with Crippen LogP contribution in [0.5, 0.6) is 5.75 Å². The van der Waals surface area contributed by atoms with Crippen molar-refractivity contribution in [1.29, 1.82) is 0 Å². The third-order valence-corrected chi connectivity index (χ3v) is 4.23. The Morgan fingerprint density at radius 3 is 2.38 bits per heavy atom. The lowest BCUT2D eigenvalue weighted by Gasteiger charge is -2.10. The number of halogens is 1. The standard InChI is InChI=1S/C14H14FNO4S/c1-20-12-5-3-11(4-6-12)16-21(18,19)14-7-2-10(9-17)8-13(14)15/h2-8,16-17H,9H2,1H3. The molecular weight excluding hydrogens is 297 g/mol. The van der Waals surface area contributed by atoms with E-state index in [1.165, 1.54) is 25.3 Å². The Morgan fingerprint density at radius 1 is 1.19 bits per heavy atom. The Bertz CT molecular complexity index is 729. The first-order valence-electron chi connectivity index (χ1n) is 6.02. The van der Waals surface area contributed by atoms with Crippen LogP contribution >= 0.6 is 0 Å². The number of nitrogens with one attached hydrogen (secondary N) is 1. The highest BCUT2D eigenvalue weighted by Crippen LogP contribution is 2.21. The van der Waals surface area contributed by atoms with Crippen molar-refractivity contribution in [3.63, 3.8) is 0 Å². The number of rotatable bonds is 5. The average molecular weight is 311 g/mol. The minimum atomic E-state index is -4.04. The van der Waals surface area contributed by atoms with Gasteiger partial charge in [0.05, 0.1) is 13.7 Å². The molecule has 2 N–H and O–H groups in total. The number of methoxy groups -OCH3 is 1. The quantitative estimate of drug-likeness (QED) is 0.887. The van der Waals surface area contributed by atoms with E-state index in [0.29, 0.717) is 17.0 Å². The number of aliphatic hydroxyl groups excluding tert-OH is 1. The van der Waals surface area contributed by atoms with Crippen molar-refractivity contribution in [2.24, 2.45) is 0 Å². The number of hydrogen-bond donors (Lipinski definition) is 2. The van der Waals surface area contributed by atoms with Gasteiger partial charge in [-0.1, -0.05) is 6.07 Å². The first-order valence-corrected chi connectivity index (χ1v) is 7.51. The Hall–Kier alpha value is -2.12. The molecule has 0 saturated heterocycles. The summed E-state index contributed by atoms with van der Waals surface area (Å²) in [4.78, 5) is -0.476. The molecule has 0 fully saturated rings. The number of anilines is 1. The lowest BCUT2D eigenvalue weighted by Crippen LogP contribution is -2.14. The third kappa shape index (κ3) is 3.50. The van der Waals surface area contributed by atoms with Gasteiger partial charge in [0.25, 0.3) is 10.0 Å². The van der Waals surface area contributed by atoms with E-state index in [1.807, 2.05) is 0 Å². The van der Waals surface area contributed by atoms with Crippen LogP contribution in [0.15, 0.2) is 47.4 Å². The molecule has 0 amide bonds. The molecule has 0 unspecified atom stereocenters. The van der Waals surface area contributed by atoms with Crippen LogP contribution in [0.4, 0.5) is 10.1 Å². The van der Waals surface area contributed by atoms with Gasteiger partial charge in [-0.2, -0.15) is 0 Å². The van der Waals surface area contributed by atoms with Gasteiger partial charge in [0, 0.05) is 5.69 Å². The van der Waals surface area contributed by atoms with E-state index in [4.69, 9.17) is 9.84 Å². The van der Waals surface area contributed by atoms with Crippen LogP contribution in [-0.4, -0.2) is 20.6 Å². The zero-order chi connectivity index (χ0) is 15.5. The molecule has 0 bridgehead atoms. The fourth-order valence-electron chi connectivity index (χ4n) is 1.73. The van der Waals surface area contributed by atoms with Gasteiger partial charge in [0.1, 0.15) is 16.5 Å². The van der Waals surface area contributed by atoms with E-state index < -0.39 is 20.7 Å². The van der Waals surface area contributed by atoms with E-state index in [0.717, 1.165) is 12.1 Å². The fourth-order valence-corrected chi connectivity index (χ4v) is 2.85. The van der Waals surface area contributed by atoms with Crippen LogP contribution < -0.4 is 9.46 Å². The normalized spacial score (nSPS) is 11.2. The molecule has 0 aliphatic carbocycles. The SMILES string of the molecule is COc1ccc(NS(=O)(=O)c2ccc(CO)cc2F)cc1. The van der Waals surface area contributed by atoms with E-state index >= 15 is 0 Å². The van der Waals surface area contributed by atoms with Crippen LogP contribution in [0.2, 0.25) is 0 Å². The number of hydrogen-bond acceptors (Lipinski definition) is 4. The zero-order valence-corrected chi connectivity index (χ0v) is 12.0. The summed E-state index contributed by atoms with van der Waals surface area (Å²) in [5.41, 5.74) is 0.595. The van der Waals surface area contributed by atoms with E-state index in [9.17, 15) is 12.8 Å². The monoisotopic (exact) mass is 311 g/mol. The molecule has 2 aromatic carbocycles. The van der Waals surface area contributed by atoms with Crippen molar-refractivity contribution in [3.8, 4) is 5.75 Å². The molecule has 0 heterocycles. The molecule has 112 valence electrons. The molecule has 0 aromatic heterocycles. The lowest BCUT2D eigenvalue weighted by atomic mass is 10.2. The predicted octanol–water partition coefficient (Wildman–Crippen LogP) is 2.13. The molecule has 7 heteroatoms. The number of sulfonamides is 1. The number of ether oxygens (including phenoxy) is 1. The molecule has 0 saturated carbocycles. The highest BCUT2D eigenvalue weighted by molar-refractivity contribution is 7.92. The Labute approximate surface area is 122 Å². The van der Waals surface area contributed by atoms with Crippen LogP contribution in [0.3, 0.4) is 0 Å². The second-order valence-electron chi connectivity index (χ2n) is 4.26. The predicted molar refractivity (Wildman–Crippen MR) is 76.1 cm³/mol. The second-order valence-corrected chi connectivity index (χ2v) is 5.91. The molecule has 0 radical (unpaired) electrons. The van der Waals surface area contributed by atoms with Gasteiger partial charge < -0.3 is 9.84 Å². The smallest absolute Gasteiger partial charge is 0.264 e. The van der Waals surface area contributed by atoms with Crippen molar-refractivity contribution in [3.05, 3.63) is 53.8 Å². The molecule has 0 aliphatic heterocycles. The summed E-state index contributed by atoms with van der Waals surface area (Å²) in [5.74, 6) is -0.334. The lowest BCUT2D eigenvalue weighted by molar-refractivity contribution is 0.281. The van der Waals surface area contributed by atoms with Gasteiger partial charge in [-0.25, -0.2) is 12.8 Å². The maximum absolute atomic E-state index is 13.8. The highest BCUT2D eigenvalue weighted by atomic mass is 32.2. The summed E-state index contributed by atoms with van der Waals surface area (Å²) in [5, 5.41) is 8.90. The number of benzene rings is 2. The molecule has 0 spiro atoms. The van der Waals surface area contributed by atoms with Crippen molar-refractivity contribution >= 4 is 15.7 Å². The average Bonchev–Trinajstić information content (AvgIpc) is 2.47. The minimum Gasteiger partial charge on any atom is -0.497 e. The maximum atomic E-state index is 13.8. The van der Waals surface area contributed by atoms with Crippen molar-refractivity contribution in [2.75, 3.05) is 11.8 Å². The largest absolute Gasteiger partial charge is 0.497 e. The zero-order valence-electron chi connectivity index (χ0n) is 11.2. The number of aliphatic hydroxyl groups is 1. The first kappa shape index (κ1) is 15.3. The second kappa shape index (κ2) is 6.11. The van der Waals surface area contributed by atoms with Gasteiger partial charge in [-0.3, -0.25) is 4.72 Å². The Morgan fingerprint density at radius 2 is 1.86 bits per heavy atom. The molecular formula is C14H14FNO4S. The van der Waals surface area contributed by atoms with Gasteiger partial charge in [-0.15, -0.1) is 0 Å². The minimum absolute atomic E-state index is 0.293. The highest BCUT2D eigenvalue weighted by Gasteiger charge is 2.19. The topological polar surface area (TPSA) is 75.6 Å². The molecule has 21 heavy (non-hydrogen) atoms. The van der Waals surface area contributed by atoms with E-state index in [1.54, 1.807) is 12.1 Å². The summed E-state index contributed by atoms with van der Waals surface area (Å²) in [7, 11) is -2.54. The van der Waals surface area contributed by atoms with Crippen LogP contribution in [0.25, 0.3) is 0 Å². The third-order valence-electron chi connectivity index (χ3n) is 2.81. The Kier molecular flexibility index (Phi) is 4.44. The van der Waals surface area contributed by atoms with Crippen LogP contribution in [0, 0.1) is 5.82 Å². The summed E-state index contributed by atoms with van der Waals surface area (Å²) < 4.78 is 45.3. The van der Waals surface area contributed by atoms with Crippen molar-refractivity contribution < 1.29 is 22.7 Å². The van der Waals surface area contributed by atoms with Crippen molar-refractivity contribution in [1.82, 2.24) is 0 Å². The molecule has 2 aromatic rings. The van der Waals surface area contributed by atoms with Gasteiger partial charge in [0.2, 0.25) is 0 Å². The molecule has 0 aliphatic rings. The van der Waals surface area contributed by atoms with Crippen LogP contribution in [-0.2, 0) is 16.6 Å². The van der Waals surface area contributed by atoms with Gasteiger partial charge in [-0.05, 0) is 42.0 Å². The summed E-state index contributed by atoms with van der Waals surface area (Å²) >= 11 is 0. The van der Waals surface area contributed by atoms with E-state index in [2.05, 4.69) is 4.72 Å². The van der Waals surface area contributed by atoms with Gasteiger partial charge in [0.15, 0.2) is 0 Å². The fraction of sp³-hybridized carbons (Fsp3) is 0.143. The van der Waals surface area contributed by atoms with E-state index in [-0.39, 0.29) is 6.61 Å². The van der Waals surface area contributed by atoms with Crippen molar-refractivity contribution in [2.45, 2.75) is 11.5 Å². The first-order chi connectivity index (χ1) is 9.96. The molecule has 2 rings (SSSR count). The maximum Gasteiger partial charge on any atom is 0.264 e.